The highest BCUT2D eigenvalue weighted by molar-refractivity contribution is 5.67. The molecule has 0 saturated carbocycles. The van der Waals surface area contributed by atoms with Gasteiger partial charge >= 0.3 is 0 Å². The molecule has 1 fully saturated rings. The van der Waals surface area contributed by atoms with E-state index >= 15 is 0 Å². The van der Waals surface area contributed by atoms with Gasteiger partial charge in [0.25, 0.3) is 0 Å². The molecule has 0 amide bonds. The predicted molar refractivity (Wildman–Crippen MR) is 59.3 cm³/mol. The van der Waals surface area contributed by atoms with Crippen LogP contribution in [0.2, 0.25) is 0 Å². The average Bonchev–Trinajstić information content (AvgIpc) is 2.14. The normalized spacial score (nSPS) is 19.1. The Kier molecular flexibility index (Phi) is 2.10. The van der Waals surface area contributed by atoms with Crippen LogP contribution < -0.4 is 10.6 Å². The van der Waals surface area contributed by atoms with Crippen LogP contribution in [0.5, 0.6) is 0 Å². The lowest BCUT2D eigenvalue weighted by Gasteiger charge is -2.49. The van der Waals surface area contributed by atoms with Crippen molar-refractivity contribution in [3.63, 3.8) is 0 Å². The summed E-state index contributed by atoms with van der Waals surface area (Å²) in [4.78, 5) is 6.31. The Labute approximate surface area is 84.9 Å². The number of pyridine rings is 1. The number of nitrogens with two attached hydrogens (primary N) is 1. The monoisotopic (exact) mass is 191 g/mol. The van der Waals surface area contributed by atoms with Crippen molar-refractivity contribution in [2.75, 3.05) is 23.7 Å². The van der Waals surface area contributed by atoms with E-state index in [4.69, 9.17) is 5.73 Å². The molecule has 1 aliphatic heterocycles. The first kappa shape index (κ1) is 9.31. The summed E-state index contributed by atoms with van der Waals surface area (Å²) in [6.07, 6.45) is 4.75. The number of rotatable bonds is 2. The average molecular weight is 191 g/mol. The quantitative estimate of drug-likeness (QED) is 0.776. The van der Waals surface area contributed by atoms with E-state index in [-0.39, 0.29) is 0 Å². The van der Waals surface area contributed by atoms with E-state index < -0.39 is 0 Å². The standard InChI is InChI=1S/C11H17N3/c1-3-11(2)7-14(8-11)10-4-5-13-6-9(10)12/h4-6H,3,7-8,12H2,1-2H3. The van der Waals surface area contributed by atoms with Crippen molar-refractivity contribution < 1.29 is 0 Å². The van der Waals surface area contributed by atoms with Crippen LogP contribution in [0.15, 0.2) is 18.5 Å². The number of anilines is 2. The van der Waals surface area contributed by atoms with Gasteiger partial charge in [0, 0.05) is 24.7 Å². The lowest BCUT2D eigenvalue weighted by atomic mass is 9.79. The van der Waals surface area contributed by atoms with Gasteiger partial charge in [0.05, 0.1) is 17.6 Å². The van der Waals surface area contributed by atoms with Crippen molar-refractivity contribution in [3.8, 4) is 0 Å². The van der Waals surface area contributed by atoms with Gasteiger partial charge < -0.3 is 10.6 Å². The topological polar surface area (TPSA) is 42.2 Å². The summed E-state index contributed by atoms with van der Waals surface area (Å²) >= 11 is 0. The van der Waals surface area contributed by atoms with E-state index in [1.165, 1.54) is 6.42 Å². The molecule has 2 rings (SSSR count). The molecule has 0 spiro atoms. The third-order valence-corrected chi connectivity index (χ3v) is 3.17. The molecule has 1 aliphatic rings. The van der Waals surface area contributed by atoms with E-state index in [1.807, 2.05) is 6.07 Å². The third kappa shape index (κ3) is 1.43. The Morgan fingerprint density at radius 2 is 2.29 bits per heavy atom. The zero-order valence-corrected chi connectivity index (χ0v) is 8.83. The van der Waals surface area contributed by atoms with E-state index in [0.29, 0.717) is 5.41 Å². The fraction of sp³-hybridized carbons (Fsp3) is 0.545. The van der Waals surface area contributed by atoms with Gasteiger partial charge in [-0.25, -0.2) is 0 Å². The zero-order valence-electron chi connectivity index (χ0n) is 8.83. The third-order valence-electron chi connectivity index (χ3n) is 3.17. The van der Waals surface area contributed by atoms with Crippen LogP contribution in [0.3, 0.4) is 0 Å². The first-order valence-corrected chi connectivity index (χ1v) is 5.09. The highest BCUT2D eigenvalue weighted by Gasteiger charge is 2.37. The second-order valence-electron chi connectivity index (χ2n) is 4.45. The van der Waals surface area contributed by atoms with Gasteiger partial charge in [-0.3, -0.25) is 4.98 Å². The molecule has 1 aromatic rings. The number of nitrogen functional groups attached to an aromatic ring is 1. The fourth-order valence-corrected chi connectivity index (χ4v) is 1.96. The van der Waals surface area contributed by atoms with Gasteiger partial charge in [0.2, 0.25) is 0 Å². The minimum atomic E-state index is 0.482. The van der Waals surface area contributed by atoms with Crippen LogP contribution in [0, 0.1) is 5.41 Å². The highest BCUT2D eigenvalue weighted by Crippen LogP contribution is 2.38. The second-order valence-corrected chi connectivity index (χ2v) is 4.45. The van der Waals surface area contributed by atoms with Crippen molar-refractivity contribution in [2.45, 2.75) is 20.3 Å². The van der Waals surface area contributed by atoms with E-state index in [1.54, 1.807) is 12.4 Å². The van der Waals surface area contributed by atoms with Gasteiger partial charge in [-0.05, 0) is 12.5 Å². The molecule has 0 radical (unpaired) electrons. The van der Waals surface area contributed by atoms with Crippen LogP contribution in [0.4, 0.5) is 11.4 Å². The molecule has 2 heterocycles. The van der Waals surface area contributed by atoms with Crippen molar-refractivity contribution >= 4 is 11.4 Å². The Balaban J connectivity index is 2.10. The molecule has 3 nitrogen and oxygen atoms in total. The summed E-state index contributed by atoms with van der Waals surface area (Å²) in [5.74, 6) is 0. The largest absolute Gasteiger partial charge is 0.396 e. The predicted octanol–water partition coefficient (Wildman–Crippen LogP) is 1.90. The second kappa shape index (κ2) is 3.15. The van der Waals surface area contributed by atoms with Gasteiger partial charge in [-0.1, -0.05) is 13.8 Å². The molecule has 76 valence electrons. The van der Waals surface area contributed by atoms with Crippen molar-refractivity contribution in [3.05, 3.63) is 18.5 Å². The zero-order chi connectivity index (χ0) is 10.2. The highest BCUT2D eigenvalue weighted by atomic mass is 15.2. The van der Waals surface area contributed by atoms with Crippen LogP contribution in [-0.2, 0) is 0 Å². The maximum absolute atomic E-state index is 5.86. The molecule has 14 heavy (non-hydrogen) atoms. The molecule has 0 unspecified atom stereocenters. The molecule has 0 bridgehead atoms. The number of aromatic nitrogens is 1. The summed E-state index contributed by atoms with van der Waals surface area (Å²) in [6.45, 7) is 6.78. The number of hydrogen-bond acceptors (Lipinski definition) is 3. The van der Waals surface area contributed by atoms with Crippen molar-refractivity contribution in [2.24, 2.45) is 5.41 Å². The Morgan fingerprint density at radius 3 is 2.86 bits per heavy atom. The fourth-order valence-electron chi connectivity index (χ4n) is 1.96. The minimum Gasteiger partial charge on any atom is -0.396 e. The minimum absolute atomic E-state index is 0.482. The SMILES string of the molecule is CCC1(C)CN(c2ccncc2N)C1. The first-order valence-electron chi connectivity index (χ1n) is 5.09. The molecule has 1 saturated heterocycles. The lowest BCUT2D eigenvalue weighted by molar-refractivity contribution is 0.234. The Morgan fingerprint density at radius 1 is 1.57 bits per heavy atom. The Bertz CT molecular complexity index is 329. The molecular formula is C11H17N3. The molecule has 3 heteroatoms. The molecule has 0 atom stereocenters. The summed E-state index contributed by atoms with van der Waals surface area (Å²) in [5.41, 5.74) is 8.25. The maximum Gasteiger partial charge on any atom is 0.0738 e. The summed E-state index contributed by atoms with van der Waals surface area (Å²) in [7, 11) is 0. The molecule has 0 aliphatic carbocycles. The van der Waals surface area contributed by atoms with Crippen LogP contribution in [0.25, 0.3) is 0 Å². The molecule has 0 aromatic carbocycles. The van der Waals surface area contributed by atoms with Crippen LogP contribution >= 0.6 is 0 Å². The van der Waals surface area contributed by atoms with Crippen molar-refractivity contribution in [1.82, 2.24) is 4.98 Å². The summed E-state index contributed by atoms with van der Waals surface area (Å²) < 4.78 is 0. The molecule has 1 aromatic heterocycles. The van der Waals surface area contributed by atoms with E-state index in [2.05, 4.69) is 23.7 Å². The van der Waals surface area contributed by atoms with Gasteiger partial charge in [0.15, 0.2) is 0 Å². The first-order chi connectivity index (χ1) is 6.64. The van der Waals surface area contributed by atoms with Gasteiger partial charge in [-0.15, -0.1) is 0 Å². The lowest BCUT2D eigenvalue weighted by Crippen LogP contribution is -2.54. The smallest absolute Gasteiger partial charge is 0.0738 e. The maximum atomic E-state index is 5.86. The summed E-state index contributed by atoms with van der Waals surface area (Å²) in [5, 5.41) is 0. The van der Waals surface area contributed by atoms with E-state index in [9.17, 15) is 0 Å². The molecule has 2 N–H and O–H groups in total. The van der Waals surface area contributed by atoms with Crippen LogP contribution in [0.1, 0.15) is 20.3 Å². The molecular weight excluding hydrogens is 174 g/mol. The van der Waals surface area contributed by atoms with E-state index in [0.717, 1.165) is 24.5 Å². The number of hydrogen-bond donors (Lipinski definition) is 1. The van der Waals surface area contributed by atoms with Crippen LogP contribution in [-0.4, -0.2) is 18.1 Å². The van der Waals surface area contributed by atoms with Crippen molar-refractivity contribution in [1.29, 1.82) is 0 Å². The van der Waals surface area contributed by atoms with Gasteiger partial charge in [0.1, 0.15) is 0 Å². The van der Waals surface area contributed by atoms with Gasteiger partial charge in [-0.2, -0.15) is 0 Å². The summed E-state index contributed by atoms with van der Waals surface area (Å²) in [6, 6.07) is 1.99. The number of nitrogens with zero attached hydrogens (tertiary/aromatic N) is 2. The Hall–Kier alpha value is -1.25.